The molecule has 2 aromatic carbocycles. The SMILES string of the molecule is COc1ccc(-c2n[nH]c(=S)n2CCC(=O)N(C)Cc2nc3ccccc3[nH]2)cc1. The third-order valence-electron chi connectivity index (χ3n) is 4.91. The number of nitrogens with zero attached hydrogens (tertiary/aromatic N) is 4. The molecule has 0 aliphatic rings. The van der Waals surface area contributed by atoms with Crippen molar-refractivity contribution in [3.8, 4) is 17.1 Å². The summed E-state index contributed by atoms with van der Waals surface area (Å²) in [5, 5.41) is 7.14. The number of fused-ring (bicyclic) bond motifs is 1. The van der Waals surface area contributed by atoms with Crippen LogP contribution in [0.4, 0.5) is 0 Å². The molecule has 4 aromatic rings. The van der Waals surface area contributed by atoms with Crippen molar-refractivity contribution in [2.45, 2.75) is 19.5 Å². The first-order valence-electron chi connectivity index (χ1n) is 9.52. The average Bonchev–Trinajstić information content (AvgIpc) is 3.34. The molecule has 0 unspecified atom stereocenters. The van der Waals surface area contributed by atoms with Gasteiger partial charge >= 0.3 is 0 Å². The minimum Gasteiger partial charge on any atom is -0.497 e. The molecule has 2 heterocycles. The first-order chi connectivity index (χ1) is 14.5. The van der Waals surface area contributed by atoms with Gasteiger partial charge in [-0.15, -0.1) is 0 Å². The van der Waals surface area contributed by atoms with Gasteiger partial charge in [-0.1, -0.05) is 12.1 Å². The Morgan fingerprint density at radius 1 is 1.20 bits per heavy atom. The number of H-pyrrole nitrogens is 2. The number of aromatic amines is 2. The van der Waals surface area contributed by atoms with Crippen molar-refractivity contribution < 1.29 is 9.53 Å². The van der Waals surface area contributed by atoms with Gasteiger partial charge in [-0.2, -0.15) is 5.10 Å². The van der Waals surface area contributed by atoms with E-state index in [0.717, 1.165) is 28.2 Å². The van der Waals surface area contributed by atoms with Crippen molar-refractivity contribution >= 4 is 29.2 Å². The van der Waals surface area contributed by atoms with E-state index < -0.39 is 0 Å². The highest BCUT2D eigenvalue weighted by Gasteiger charge is 2.15. The molecule has 154 valence electrons. The molecule has 4 rings (SSSR count). The number of hydrogen-bond acceptors (Lipinski definition) is 5. The van der Waals surface area contributed by atoms with E-state index in [1.54, 1.807) is 19.1 Å². The maximum absolute atomic E-state index is 12.7. The van der Waals surface area contributed by atoms with Gasteiger partial charge in [0, 0.05) is 25.6 Å². The average molecular weight is 423 g/mol. The molecule has 0 atom stereocenters. The summed E-state index contributed by atoms with van der Waals surface area (Å²) in [4.78, 5) is 22.1. The number of carbonyl (C=O) groups excluding carboxylic acids is 1. The molecule has 0 radical (unpaired) electrons. The Bertz CT molecular complexity index is 1190. The summed E-state index contributed by atoms with van der Waals surface area (Å²) in [6, 6.07) is 15.4. The van der Waals surface area contributed by atoms with Crippen LogP contribution in [0.25, 0.3) is 22.4 Å². The van der Waals surface area contributed by atoms with E-state index in [2.05, 4.69) is 20.2 Å². The van der Waals surface area contributed by atoms with Gasteiger partial charge in [0.15, 0.2) is 10.6 Å². The number of para-hydroxylation sites is 2. The number of benzene rings is 2. The number of nitrogens with one attached hydrogen (secondary N) is 2. The summed E-state index contributed by atoms with van der Waals surface area (Å²) >= 11 is 5.36. The Hall–Kier alpha value is -3.46. The molecule has 2 N–H and O–H groups in total. The zero-order valence-corrected chi connectivity index (χ0v) is 17.6. The van der Waals surface area contributed by atoms with Crippen LogP contribution in [-0.4, -0.2) is 49.7 Å². The number of ether oxygens (including phenoxy) is 1. The molecular formula is C21H22N6O2S. The first kappa shape index (κ1) is 19.8. The fourth-order valence-corrected chi connectivity index (χ4v) is 3.50. The topological polar surface area (TPSA) is 91.8 Å². The zero-order chi connectivity index (χ0) is 21.1. The lowest BCUT2D eigenvalue weighted by molar-refractivity contribution is -0.130. The van der Waals surface area contributed by atoms with Crippen LogP contribution < -0.4 is 4.74 Å². The lowest BCUT2D eigenvalue weighted by atomic mass is 10.2. The monoisotopic (exact) mass is 422 g/mol. The van der Waals surface area contributed by atoms with Crippen LogP contribution in [0.2, 0.25) is 0 Å². The molecule has 0 spiro atoms. The van der Waals surface area contributed by atoms with Gasteiger partial charge in [0.05, 0.1) is 24.7 Å². The smallest absolute Gasteiger partial charge is 0.224 e. The number of rotatable bonds is 7. The predicted octanol–water partition coefficient (Wildman–Crippen LogP) is 3.54. The molecule has 0 bridgehead atoms. The quantitative estimate of drug-likeness (QED) is 0.445. The predicted molar refractivity (Wildman–Crippen MR) is 117 cm³/mol. The van der Waals surface area contributed by atoms with Gasteiger partial charge in [-0.05, 0) is 48.6 Å². The molecule has 1 amide bonds. The number of aromatic nitrogens is 5. The maximum atomic E-state index is 12.7. The van der Waals surface area contributed by atoms with Crippen LogP contribution in [0.15, 0.2) is 48.5 Å². The Morgan fingerprint density at radius 3 is 2.70 bits per heavy atom. The summed E-state index contributed by atoms with van der Waals surface area (Å²) in [6.45, 7) is 0.843. The summed E-state index contributed by atoms with van der Waals surface area (Å²) in [6.07, 6.45) is 0.299. The van der Waals surface area contributed by atoms with E-state index in [1.165, 1.54) is 0 Å². The summed E-state index contributed by atoms with van der Waals surface area (Å²) in [5.74, 6) is 2.21. The maximum Gasteiger partial charge on any atom is 0.224 e. The highest BCUT2D eigenvalue weighted by atomic mass is 32.1. The number of imidazole rings is 1. The first-order valence-corrected chi connectivity index (χ1v) is 9.93. The van der Waals surface area contributed by atoms with Crippen LogP contribution in [0.5, 0.6) is 5.75 Å². The molecule has 0 saturated heterocycles. The lowest BCUT2D eigenvalue weighted by Crippen LogP contribution is -2.27. The summed E-state index contributed by atoms with van der Waals surface area (Å²) in [7, 11) is 3.40. The molecule has 0 aliphatic carbocycles. The molecule has 2 aromatic heterocycles. The van der Waals surface area contributed by atoms with Gasteiger partial charge in [-0.25, -0.2) is 4.98 Å². The van der Waals surface area contributed by atoms with Crippen molar-refractivity contribution in [2.24, 2.45) is 0 Å². The molecule has 0 saturated carbocycles. The molecule has 8 nitrogen and oxygen atoms in total. The van der Waals surface area contributed by atoms with Gasteiger partial charge in [0.1, 0.15) is 11.6 Å². The fraction of sp³-hybridized carbons (Fsp3) is 0.238. The molecule has 0 aliphatic heterocycles. The molecule has 0 fully saturated rings. The second-order valence-electron chi connectivity index (χ2n) is 6.93. The van der Waals surface area contributed by atoms with Crippen LogP contribution in [0, 0.1) is 4.77 Å². The Balaban J connectivity index is 1.43. The Morgan fingerprint density at radius 2 is 1.97 bits per heavy atom. The van der Waals surface area contributed by atoms with E-state index in [4.69, 9.17) is 17.0 Å². The standard InChI is InChI=1S/C21H22N6O2S/c1-26(13-18-22-16-5-3-4-6-17(16)23-18)19(28)11-12-27-20(24-25-21(27)30)14-7-9-15(29-2)10-8-14/h3-10H,11-13H2,1-2H3,(H,22,23)(H,25,30). The number of methoxy groups -OCH3 is 1. The molecular weight excluding hydrogens is 400 g/mol. The van der Waals surface area contributed by atoms with E-state index in [1.807, 2.05) is 53.1 Å². The van der Waals surface area contributed by atoms with Crippen LogP contribution >= 0.6 is 12.2 Å². The summed E-state index contributed by atoms with van der Waals surface area (Å²) < 4.78 is 7.52. The minimum absolute atomic E-state index is 0.000706. The van der Waals surface area contributed by atoms with E-state index in [0.29, 0.717) is 30.1 Å². The van der Waals surface area contributed by atoms with E-state index >= 15 is 0 Å². The normalized spacial score (nSPS) is 11.0. The fourth-order valence-electron chi connectivity index (χ4n) is 3.28. The Kier molecular flexibility index (Phi) is 5.62. The second-order valence-corrected chi connectivity index (χ2v) is 7.32. The lowest BCUT2D eigenvalue weighted by Gasteiger charge is -2.16. The highest BCUT2D eigenvalue weighted by molar-refractivity contribution is 7.71. The van der Waals surface area contributed by atoms with Crippen molar-refractivity contribution in [1.82, 2.24) is 29.6 Å². The van der Waals surface area contributed by atoms with Crippen molar-refractivity contribution in [1.29, 1.82) is 0 Å². The van der Waals surface area contributed by atoms with Gasteiger partial charge in [0.2, 0.25) is 5.91 Å². The number of amides is 1. The van der Waals surface area contributed by atoms with E-state index in [-0.39, 0.29) is 5.91 Å². The molecule has 30 heavy (non-hydrogen) atoms. The minimum atomic E-state index is -0.000706. The van der Waals surface area contributed by atoms with Crippen molar-refractivity contribution in [3.63, 3.8) is 0 Å². The van der Waals surface area contributed by atoms with E-state index in [9.17, 15) is 4.79 Å². The van der Waals surface area contributed by atoms with Crippen molar-refractivity contribution in [3.05, 3.63) is 59.1 Å². The highest BCUT2D eigenvalue weighted by Crippen LogP contribution is 2.21. The van der Waals surface area contributed by atoms with Gasteiger partial charge in [0.25, 0.3) is 0 Å². The zero-order valence-electron chi connectivity index (χ0n) is 16.8. The number of carbonyl (C=O) groups is 1. The Labute approximate surface area is 178 Å². The second kappa shape index (κ2) is 8.50. The van der Waals surface area contributed by atoms with Crippen molar-refractivity contribution in [2.75, 3.05) is 14.2 Å². The number of hydrogen-bond donors (Lipinski definition) is 2. The van der Waals surface area contributed by atoms with Gasteiger partial charge in [-0.3, -0.25) is 14.5 Å². The molecule has 9 heteroatoms. The largest absolute Gasteiger partial charge is 0.497 e. The summed E-state index contributed by atoms with van der Waals surface area (Å²) in [5.41, 5.74) is 2.75. The third-order valence-corrected chi connectivity index (χ3v) is 5.22. The van der Waals surface area contributed by atoms with Crippen LogP contribution in [0.1, 0.15) is 12.2 Å². The van der Waals surface area contributed by atoms with Crippen LogP contribution in [-0.2, 0) is 17.9 Å². The van der Waals surface area contributed by atoms with Crippen LogP contribution in [0.3, 0.4) is 0 Å². The van der Waals surface area contributed by atoms with Gasteiger partial charge < -0.3 is 14.6 Å². The third kappa shape index (κ3) is 4.11.